The SMILES string of the molecule is Cc1nn(C)cc1-c1cccc(F)c1-c1nc2cc(C(=O)N3CCNCC3)ccn2c1Cl. The van der Waals surface area contributed by atoms with E-state index in [9.17, 15) is 4.79 Å². The zero-order valence-corrected chi connectivity index (χ0v) is 18.5. The lowest BCUT2D eigenvalue weighted by atomic mass is 9.98. The topological polar surface area (TPSA) is 67.5 Å². The zero-order chi connectivity index (χ0) is 22.4. The molecule has 7 nitrogen and oxygen atoms in total. The highest BCUT2D eigenvalue weighted by Crippen LogP contribution is 2.38. The molecule has 3 aromatic heterocycles. The molecule has 0 bridgehead atoms. The number of rotatable bonds is 3. The van der Waals surface area contributed by atoms with Crippen LogP contribution in [-0.2, 0) is 7.05 Å². The molecule has 0 radical (unpaired) electrons. The minimum Gasteiger partial charge on any atom is -0.336 e. The summed E-state index contributed by atoms with van der Waals surface area (Å²) in [6.07, 6.45) is 3.56. The maximum absolute atomic E-state index is 15.1. The molecule has 32 heavy (non-hydrogen) atoms. The Balaban J connectivity index is 1.62. The van der Waals surface area contributed by atoms with Crippen molar-refractivity contribution in [2.45, 2.75) is 6.92 Å². The molecule has 1 saturated heterocycles. The fraction of sp³-hybridized carbons (Fsp3) is 0.261. The first-order chi connectivity index (χ1) is 15.4. The highest BCUT2D eigenvalue weighted by molar-refractivity contribution is 6.32. The fourth-order valence-electron chi connectivity index (χ4n) is 4.21. The predicted octanol–water partition coefficient (Wildman–Crippen LogP) is 3.55. The van der Waals surface area contributed by atoms with Crippen molar-refractivity contribution in [1.29, 1.82) is 0 Å². The number of hydrogen-bond acceptors (Lipinski definition) is 4. The number of fused-ring (bicyclic) bond motifs is 1. The van der Waals surface area contributed by atoms with Gasteiger partial charge in [-0.3, -0.25) is 13.9 Å². The van der Waals surface area contributed by atoms with Crippen molar-refractivity contribution in [1.82, 2.24) is 29.4 Å². The molecule has 0 unspecified atom stereocenters. The Bertz CT molecular complexity index is 1340. The fourth-order valence-corrected chi connectivity index (χ4v) is 4.49. The van der Waals surface area contributed by atoms with Crippen LogP contribution >= 0.6 is 11.6 Å². The third-order valence-corrected chi connectivity index (χ3v) is 6.13. The molecule has 164 valence electrons. The molecule has 1 fully saturated rings. The molecule has 1 amide bonds. The second-order valence-electron chi connectivity index (χ2n) is 7.90. The van der Waals surface area contributed by atoms with Gasteiger partial charge in [0.15, 0.2) is 0 Å². The van der Waals surface area contributed by atoms with Crippen LogP contribution in [0.2, 0.25) is 5.15 Å². The van der Waals surface area contributed by atoms with Gasteiger partial charge in [0.1, 0.15) is 22.3 Å². The van der Waals surface area contributed by atoms with Gasteiger partial charge in [-0.15, -0.1) is 0 Å². The van der Waals surface area contributed by atoms with Gasteiger partial charge in [0.05, 0.1) is 5.69 Å². The molecule has 1 aliphatic rings. The highest BCUT2D eigenvalue weighted by atomic mass is 35.5. The van der Waals surface area contributed by atoms with Crippen molar-refractivity contribution in [3.8, 4) is 22.4 Å². The summed E-state index contributed by atoms with van der Waals surface area (Å²) in [7, 11) is 1.82. The van der Waals surface area contributed by atoms with E-state index < -0.39 is 5.82 Å². The Hall–Kier alpha value is -3.23. The van der Waals surface area contributed by atoms with Crippen molar-refractivity contribution in [2.24, 2.45) is 7.05 Å². The van der Waals surface area contributed by atoms with Crippen LogP contribution in [0.1, 0.15) is 16.1 Å². The summed E-state index contributed by atoms with van der Waals surface area (Å²) in [5, 5.41) is 7.91. The van der Waals surface area contributed by atoms with Gasteiger partial charge in [-0.05, 0) is 30.7 Å². The van der Waals surface area contributed by atoms with Crippen LogP contribution in [0.5, 0.6) is 0 Å². The average Bonchev–Trinajstić information content (AvgIpc) is 3.31. The van der Waals surface area contributed by atoms with Crippen LogP contribution < -0.4 is 5.32 Å². The Kier molecular flexibility index (Phi) is 5.19. The largest absolute Gasteiger partial charge is 0.336 e. The molecule has 9 heteroatoms. The molecule has 4 aromatic rings. The van der Waals surface area contributed by atoms with Crippen LogP contribution in [0.15, 0.2) is 42.7 Å². The van der Waals surface area contributed by atoms with E-state index in [-0.39, 0.29) is 11.1 Å². The van der Waals surface area contributed by atoms with Gasteiger partial charge in [-0.1, -0.05) is 23.7 Å². The molecular weight excluding hydrogens is 431 g/mol. The molecule has 1 N–H and O–H groups in total. The summed E-state index contributed by atoms with van der Waals surface area (Å²) in [6.45, 7) is 4.75. The van der Waals surface area contributed by atoms with E-state index in [1.165, 1.54) is 6.07 Å². The summed E-state index contributed by atoms with van der Waals surface area (Å²) in [6, 6.07) is 8.32. The van der Waals surface area contributed by atoms with E-state index >= 15 is 4.39 Å². The number of pyridine rings is 1. The van der Waals surface area contributed by atoms with E-state index in [2.05, 4.69) is 15.4 Å². The molecule has 0 spiro atoms. The Labute approximate surface area is 189 Å². The lowest BCUT2D eigenvalue weighted by Crippen LogP contribution is -2.46. The zero-order valence-electron chi connectivity index (χ0n) is 17.8. The number of aromatic nitrogens is 4. The van der Waals surface area contributed by atoms with E-state index in [0.29, 0.717) is 41.1 Å². The molecule has 0 aliphatic carbocycles. The number of nitrogens with zero attached hydrogens (tertiary/aromatic N) is 5. The minimum atomic E-state index is -0.423. The standard InChI is InChI=1S/C23H22ClFN6O/c1-14-17(13-29(2)28-14)16-4-3-5-18(25)20(16)21-22(24)31-9-6-15(12-19(31)27-21)23(32)30-10-7-26-8-11-30/h3-6,9,12-13,26H,7-8,10-11H2,1-2H3. The van der Waals surface area contributed by atoms with Crippen molar-refractivity contribution >= 4 is 23.2 Å². The number of imidazole rings is 1. The second-order valence-corrected chi connectivity index (χ2v) is 8.26. The number of carbonyl (C=O) groups excluding carboxylic acids is 1. The number of nitrogens with one attached hydrogen (secondary N) is 1. The normalized spacial score (nSPS) is 14.3. The summed E-state index contributed by atoms with van der Waals surface area (Å²) < 4.78 is 18.5. The van der Waals surface area contributed by atoms with Crippen molar-refractivity contribution in [3.05, 3.63) is 65.0 Å². The molecular formula is C23H22ClFN6O. The Morgan fingerprint density at radius 1 is 1.19 bits per heavy atom. The van der Waals surface area contributed by atoms with Crippen LogP contribution in [0.25, 0.3) is 28.0 Å². The average molecular weight is 453 g/mol. The first kappa shape index (κ1) is 20.7. The van der Waals surface area contributed by atoms with Crippen molar-refractivity contribution in [2.75, 3.05) is 26.2 Å². The molecule has 5 rings (SSSR count). The summed E-state index contributed by atoms with van der Waals surface area (Å²) in [4.78, 5) is 19.3. The van der Waals surface area contributed by atoms with Crippen LogP contribution in [0.3, 0.4) is 0 Å². The van der Waals surface area contributed by atoms with Gasteiger partial charge in [0, 0.05) is 62.3 Å². The van der Waals surface area contributed by atoms with Gasteiger partial charge in [0.2, 0.25) is 0 Å². The molecule has 0 saturated carbocycles. The number of hydrogen-bond donors (Lipinski definition) is 1. The number of carbonyl (C=O) groups is 1. The predicted molar refractivity (Wildman–Crippen MR) is 121 cm³/mol. The Morgan fingerprint density at radius 2 is 1.97 bits per heavy atom. The third-order valence-electron chi connectivity index (χ3n) is 5.77. The monoisotopic (exact) mass is 452 g/mol. The summed E-state index contributed by atoms with van der Waals surface area (Å²) in [5.41, 5.74) is 3.92. The number of aryl methyl sites for hydroxylation is 2. The number of amides is 1. The maximum Gasteiger partial charge on any atom is 0.254 e. The number of halogens is 2. The third kappa shape index (κ3) is 3.45. The van der Waals surface area contributed by atoms with Gasteiger partial charge in [-0.25, -0.2) is 9.37 Å². The number of piperazine rings is 1. The van der Waals surface area contributed by atoms with Crippen molar-refractivity contribution in [3.63, 3.8) is 0 Å². The summed E-state index contributed by atoms with van der Waals surface area (Å²) in [5.74, 6) is -0.472. The van der Waals surface area contributed by atoms with E-state index in [4.69, 9.17) is 11.6 Å². The second kappa shape index (κ2) is 8.03. The van der Waals surface area contributed by atoms with E-state index in [0.717, 1.165) is 24.3 Å². The molecule has 0 atom stereocenters. The van der Waals surface area contributed by atoms with Crippen LogP contribution in [0, 0.1) is 12.7 Å². The smallest absolute Gasteiger partial charge is 0.254 e. The Morgan fingerprint density at radius 3 is 2.69 bits per heavy atom. The van der Waals surface area contributed by atoms with Gasteiger partial charge in [0.25, 0.3) is 5.91 Å². The molecule has 1 aliphatic heterocycles. The summed E-state index contributed by atoms with van der Waals surface area (Å²) >= 11 is 6.66. The quantitative estimate of drug-likeness (QED) is 0.516. The first-order valence-corrected chi connectivity index (χ1v) is 10.8. The maximum atomic E-state index is 15.1. The lowest BCUT2D eigenvalue weighted by molar-refractivity contribution is 0.0736. The first-order valence-electron chi connectivity index (χ1n) is 10.4. The lowest BCUT2D eigenvalue weighted by Gasteiger charge is -2.27. The number of benzene rings is 1. The highest BCUT2D eigenvalue weighted by Gasteiger charge is 2.23. The van der Waals surface area contributed by atoms with E-state index in [1.54, 1.807) is 33.5 Å². The molecule has 1 aromatic carbocycles. The van der Waals surface area contributed by atoms with E-state index in [1.807, 2.05) is 31.1 Å². The minimum absolute atomic E-state index is 0.0489. The van der Waals surface area contributed by atoms with Gasteiger partial charge in [-0.2, -0.15) is 5.10 Å². The van der Waals surface area contributed by atoms with Gasteiger partial charge >= 0.3 is 0 Å². The van der Waals surface area contributed by atoms with Crippen LogP contribution in [0.4, 0.5) is 4.39 Å². The van der Waals surface area contributed by atoms with Gasteiger partial charge < -0.3 is 10.2 Å². The molecule has 4 heterocycles. The van der Waals surface area contributed by atoms with Crippen LogP contribution in [-0.4, -0.2) is 56.2 Å². The van der Waals surface area contributed by atoms with Crippen molar-refractivity contribution < 1.29 is 9.18 Å².